The number of nitrogens with two attached hydrogens (primary N) is 1. The fraction of sp³-hybridized carbons (Fsp3) is 0.583. The van der Waals surface area contributed by atoms with Crippen LogP contribution in [-0.4, -0.2) is 22.5 Å². The highest BCUT2D eigenvalue weighted by Gasteiger charge is 2.36. The van der Waals surface area contributed by atoms with E-state index in [0.717, 1.165) is 34.9 Å². The van der Waals surface area contributed by atoms with Gasteiger partial charge in [0.15, 0.2) is 0 Å². The average molecular weight is 448 g/mol. The molecular weight excluding hydrogens is 413 g/mol. The zero-order chi connectivity index (χ0) is 22.1. The Balaban J connectivity index is 1.41. The summed E-state index contributed by atoms with van der Waals surface area (Å²) in [5.74, 6) is 0.894. The molecule has 0 unspecified atom stereocenters. The number of rotatable bonds is 6. The van der Waals surface area contributed by atoms with Crippen molar-refractivity contribution in [1.29, 1.82) is 0 Å². The molecule has 170 valence electrons. The van der Waals surface area contributed by atoms with Crippen molar-refractivity contribution >= 4 is 18.6 Å². The summed E-state index contributed by atoms with van der Waals surface area (Å²) in [7, 11) is -4.56. The Kier molecular flexibility index (Phi) is 6.49. The molecule has 0 bridgehead atoms. The molecule has 1 atom stereocenters. The van der Waals surface area contributed by atoms with Gasteiger partial charge in [0.1, 0.15) is 5.75 Å². The van der Waals surface area contributed by atoms with E-state index < -0.39 is 13.4 Å². The molecule has 2 aromatic carbocycles. The van der Waals surface area contributed by atoms with Crippen LogP contribution in [-0.2, 0) is 14.6 Å². The second kappa shape index (κ2) is 8.84. The van der Waals surface area contributed by atoms with E-state index in [9.17, 15) is 4.57 Å². The molecule has 0 saturated heterocycles. The van der Waals surface area contributed by atoms with E-state index in [2.05, 4.69) is 10.6 Å². The van der Waals surface area contributed by atoms with E-state index >= 15 is 0 Å². The van der Waals surface area contributed by atoms with E-state index in [1.165, 1.54) is 44.9 Å². The summed E-state index contributed by atoms with van der Waals surface area (Å²) < 4.78 is 22.0. The first-order chi connectivity index (χ1) is 14.6. The first kappa shape index (κ1) is 22.8. The van der Waals surface area contributed by atoms with Gasteiger partial charge in [-0.3, -0.25) is 4.52 Å². The summed E-state index contributed by atoms with van der Waals surface area (Å²) in [6.07, 6.45) is 12.2. The standard InChI is InChI=1S/C24H34NO5P/c1-23(25,17-29-31(26,27)28)20-7-5-19-16-22(8-6-18(19)15-20)30-21-9-13-24(14-10-21)11-3-2-4-12-24/h5-8,15-16,21H,2-4,9-14,17,25H2,1H3,(H2,26,27,28)/t23-/m0/s1. The van der Waals surface area contributed by atoms with Crippen molar-refractivity contribution in [3.8, 4) is 5.75 Å². The number of hydrogen-bond acceptors (Lipinski definition) is 4. The Bertz CT molecular complexity index is 954. The maximum atomic E-state index is 11.0. The highest BCUT2D eigenvalue weighted by Crippen LogP contribution is 2.48. The summed E-state index contributed by atoms with van der Waals surface area (Å²) in [5.41, 5.74) is 6.59. The zero-order valence-corrected chi connectivity index (χ0v) is 19.2. The van der Waals surface area contributed by atoms with Crippen molar-refractivity contribution in [1.82, 2.24) is 0 Å². The van der Waals surface area contributed by atoms with Crippen molar-refractivity contribution in [2.24, 2.45) is 11.1 Å². The van der Waals surface area contributed by atoms with E-state index in [1.54, 1.807) is 6.92 Å². The summed E-state index contributed by atoms with van der Waals surface area (Å²) in [4.78, 5) is 17.9. The van der Waals surface area contributed by atoms with Gasteiger partial charge in [-0.05, 0) is 85.4 Å². The van der Waals surface area contributed by atoms with E-state index in [0.29, 0.717) is 11.5 Å². The lowest BCUT2D eigenvalue weighted by Gasteiger charge is -2.42. The molecule has 4 rings (SSSR count). The van der Waals surface area contributed by atoms with Crippen LogP contribution in [0.25, 0.3) is 10.8 Å². The second-order valence-electron chi connectivity index (χ2n) is 9.78. The number of benzene rings is 2. The predicted molar refractivity (Wildman–Crippen MR) is 122 cm³/mol. The van der Waals surface area contributed by atoms with Gasteiger partial charge in [-0.15, -0.1) is 0 Å². The third kappa shape index (κ3) is 5.68. The molecular formula is C24H34NO5P. The summed E-state index contributed by atoms with van der Waals surface area (Å²) >= 11 is 0. The van der Waals surface area contributed by atoms with Crippen LogP contribution in [0.1, 0.15) is 70.3 Å². The lowest BCUT2D eigenvalue weighted by Crippen LogP contribution is -2.37. The van der Waals surface area contributed by atoms with Crippen LogP contribution in [0.3, 0.4) is 0 Å². The first-order valence-corrected chi connectivity index (χ1v) is 12.9. The molecule has 6 nitrogen and oxygen atoms in total. The smallest absolute Gasteiger partial charge is 0.469 e. The minimum Gasteiger partial charge on any atom is -0.490 e. The van der Waals surface area contributed by atoms with Crippen LogP contribution in [0.4, 0.5) is 0 Å². The zero-order valence-electron chi connectivity index (χ0n) is 18.3. The van der Waals surface area contributed by atoms with Gasteiger partial charge in [0.25, 0.3) is 0 Å². The van der Waals surface area contributed by atoms with Crippen LogP contribution >= 0.6 is 7.82 Å². The van der Waals surface area contributed by atoms with Crippen LogP contribution < -0.4 is 10.5 Å². The molecule has 7 heteroatoms. The van der Waals surface area contributed by atoms with Gasteiger partial charge in [0, 0.05) is 0 Å². The van der Waals surface area contributed by atoms with Gasteiger partial charge < -0.3 is 20.3 Å². The van der Waals surface area contributed by atoms with Crippen molar-refractivity contribution in [2.75, 3.05) is 6.61 Å². The third-order valence-corrected chi connectivity index (χ3v) is 7.68. The van der Waals surface area contributed by atoms with Gasteiger partial charge in [0.2, 0.25) is 0 Å². The average Bonchev–Trinajstić information content (AvgIpc) is 2.74. The van der Waals surface area contributed by atoms with Crippen molar-refractivity contribution in [3.05, 3.63) is 42.0 Å². The van der Waals surface area contributed by atoms with Crippen LogP contribution in [0.15, 0.2) is 36.4 Å². The summed E-state index contributed by atoms with van der Waals surface area (Å²) in [5, 5.41) is 2.05. The Labute approximate surface area is 184 Å². The van der Waals surface area contributed by atoms with Crippen molar-refractivity contribution in [3.63, 3.8) is 0 Å². The van der Waals surface area contributed by atoms with Crippen LogP contribution in [0, 0.1) is 5.41 Å². The van der Waals surface area contributed by atoms with E-state index in [-0.39, 0.29) is 6.61 Å². The monoisotopic (exact) mass is 447 g/mol. The number of phosphoric acid groups is 1. The molecule has 2 aliphatic carbocycles. The Morgan fingerprint density at radius 1 is 1.03 bits per heavy atom. The number of hydrogen-bond donors (Lipinski definition) is 3. The molecule has 0 heterocycles. The van der Waals surface area contributed by atoms with Gasteiger partial charge in [-0.25, -0.2) is 4.57 Å². The highest BCUT2D eigenvalue weighted by atomic mass is 31.2. The fourth-order valence-corrected chi connectivity index (χ4v) is 5.71. The molecule has 2 saturated carbocycles. The second-order valence-corrected chi connectivity index (χ2v) is 11.0. The number of phosphoric ester groups is 1. The Morgan fingerprint density at radius 2 is 1.68 bits per heavy atom. The molecule has 1 spiro atoms. The molecule has 0 aliphatic heterocycles. The largest absolute Gasteiger partial charge is 0.490 e. The van der Waals surface area contributed by atoms with Gasteiger partial charge in [-0.2, -0.15) is 0 Å². The van der Waals surface area contributed by atoms with Gasteiger partial charge in [-0.1, -0.05) is 37.5 Å². The van der Waals surface area contributed by atoms with Crippen molar-refractivity contribution < 1.29 is 23.6 Å². The number of fused-ring (bicyclic) bond motifs is 1. The molecule has 0 amide bonds. The van der Waals surface area contributed by atoms with Gasteiger partial charge in [0.05, 0.1) is 18.2 Å². The summed E-state index contributed by atoms with van der Waals surface area (Å²) in [6, 6.07) is 11.9. The van der Waals surface area contributed by atoms with Crippen LogP contribution in [0.2, 0.25) is 0 Å². The summed E-state index contributed by atoms with van der Waals surface area (Å²) in [6.45, 7) is 1.43. The van der Waals surface area contributed by atoms with Crippen LogP contribution in [0.5, 0.6) is 5.75 Å². The Morgan fingerprint density at radius 3 is 2.35 bits per heavy atom. The molecule has 2 aliphatic rings. The molecule has 0 radical (unpaired) electrons. The molecule has 0 aromatic heterocycles. The highest BCUT2D eigenvalue weighted by molar-refractivity contribution is 7.46. The Hall–Kier alpha value is -1.43. The normalized spacial score (nSPS) is 21.8. The van der Waals surface area contributed by atoms with Crippen molar-refractivity contribution in [2.45, 2.75) is 76.4 Å². The lowest BCUT2D eigenvalue weighted by atomic mass is 9.65. The first-order valence-electron chi connectivity index (χ1n) is 11.3. The molecule has 2 fully saturated rings. The maximum Gasteiger partial charge on any atom is 0.469 e. The minimum absolute atomic E-state index is 0.271. The third-order valence-electron chi connectivity index (χ3n) is 7.21. The van der Waals surface area contributed by atoms with Gasteiger partial charge >= 0.3 is 7.82 Å². The minimum atomic E-state index is -4.56. The number of ether oxygens (including phenoxy) is 1. The predicted octanol–water partition coefficient (Wildman–Crippen LogP) is 5.39. The quantitative estimate of drug-likeness (QED) is 0.513. The van der Waals surface area contributed by atoms with E-state index in [4.69, 9.17) is 20.3 Å². The molecule has 31 heavy (non-hydrogen) atoms. The SMILES string of the molecule is C[C@](N)(COP(=O)(O)O)c1ccc2cc(OC3CCC4(CCCCC4)CC3)ccc2c1. The van der Waals surface area contributed by atoms with E-state index in [1.807, 2.05) is 30.3 Å². The maximum absolute atomic E-state index is 11.0. The molecule has 2 aromatic rings. The fourth-order valence-electron chi connectivity index (χ4n) is 5.27. The molecule has 4 N–H and O–H groups in total. The topological polar surface area (TPSA) is 102 Å². The lowest BCUT2D eigenvalue weighted by molar-refractivity contribution is 0.0524.